The number of nitrogens with one attached hydrogen (secondary N) is 1. The number of nitrogens with zero attached hydrogens (tertiary/aromatic N) is 2. The van der Waals surface area contributed by atoms with Crippen LogP contribution in [0.1, 0.15) is 49.8 Å². The van der Waals surface area contributed by atoms with Crippen LogP contribution in [0.3, 0.4) is 0 Å². The van der Waals surface area contributed by atoms with Crippen molar-refractivity contribution in [2.75, 3.05) is 24.6 Å². The number of halogens is 2. The third-order valence-corrected chi connectivity index (χ3v) is 10.8. The maximum absolute atomic E-state index is 14.8. The Kier molecular flexibility index (Phi) is 11.7. The lowest BCUT2D eigenvalue weighted by molar-refractivity contribution is -0.162. The number of para-hydroxylation sites is 1. The van der Waals surface area contributed by atoms with Crippen LogP contribution in [0.2, 0.25) is 5.02 Å². The molecule has 1 spiro atoms. The molecule has 3 amide bonds. The van der Waals surface area contributed by atoms with Crippen LogP contribution >= 0.6 is 27.5 Å². The summed E-state index contributed by atoms with van der Waals surface area (Å²) >= 11 is 10.4. The van der Waals surface area contributed by atoms with E-state index in [4.69, 9.17) is 21.1 Å². The van der Waals surface area contributed by atoms with Gasteiger partial charge in [-0.15, -0.1) is 13.2 Å². The van der Waals surface area contributed by atoms with E-state index in [2.05, 4.69) is 34.4 Å². The average molecular weight is 757 g/mol. The molecule has 2 aromatic carbocycles. The number of anilines is 1. The number of aliphatic hydroxyl groups is 1. The molecule has 3 fully saturated rings. The van der Waals surface area contributed by atoms with Gasteiger partial charge in [0.15, 0.2) is 0 Å². The van der Waals surface area contributed by atoms with Crippen LogP contribution in [-0.4, -0.2) is 82.0 Å². The highest BCUT2D eigenvalue weighted by Gasteiger charge is 2.77. The third kappa shape index (κ3) is 6.95. The van der Waals surface area contributed by atoms with Gasteiger partial charge in [0, 0.05) is 30.9 Å². The second-order valence-corrected chi connectivity index (χ2v) is 14.5. The zero-order valence-electron chi connectivity index (χ0n) is 27.7. The number of hydrogen-bond donors (Lipinski definition) is 2. The molecule has 3 heterocycles. The molecule has 2 aromatic rings. The lowest BCUT2D eigenvalue weighted by atomic mass is 9.70. The fraction of sp³-hybridized carbons (Fsp3) is 0.459. The number of ether oxygens (including phenoxy) is 2. The molecule has 262 valence electrons. The second-order valence-electron chi connectivity index (χ2n) is 12.9. The summed E-state index contributed by atoms with van der Waals surface area (Å²) in [7, 11) is 0. The highest BCUT2D eigenvalue weighted by Crippen LogP contribution is 2.60. The topological polar surface area (TPSA) is 125 Å². The van der Waals surface area contributed by atoms with Crippen molar-refractivity contribution in [3.8, 4) is 0 Å². The number of aliphatic hydroxyl groups excluding tert-OH is 1. The number of benzene rings is 2. The van der Waals surface area contributed by atoms with Gasteiger partial charge in [-0.3, -0.25) is 19.2 Å². The molecule has 3 aliphatic heterocycles. The summed E-state index contributed by atoms with van der Waals surface area (Å²) < 4.78 is 12.9. The summed E-state index contributed by atoms with van der Waals surface area (Å²) in [6.07, 6.45) is 2.89. The summed E-state index contributed by atoms with van der Waals surface area (Å²) in [4.78, 5) is 58.9. The zero-order chi connectivity index (χ0) is 35.5. The lowest BCUT2D eigenvalue weighted by Crippen LogP contribution is -2.57. The average Bonchev–Trinajstić information content (AvgIpc) is 3.67. The molecule has 0 aliphatic carbocycles. The van der Waals surface area contributed by atoms with E-state index >= 15 is 0 Å². The first kappa shape index (κ1) is 36.8. The normalized spacial score (nSPS) is 26.5. The predicted octanol–water partition coefficient (Wildman–Crippen LogP) is 5.05. The molecule has 0 saturated carbocycles. The van der Waals surface area contributed by atoms with Gasteiger partial charge in [0.05, 0.1) is 34.7 Å². The minimum absolute atomic E-state index is 0.0799. The van der Waals surface area contributed by atoms with Gasteiger partial charge in [-0.25, -0.2) is 0 Å². The van der Waals surface area contributed by atoms with Gasteiger partial charge < -0.3 is 29.7 Å². The number of allylic oxidation sites excluding steroid dienone is 1. The number of carbonyl (C=O) groups excluding carboxylic acids is 4. The van der Waals surface area contributed by atoms with E-state index in [-0.39, 0.29) is 43.3 Å². The molecule has 10 nitrogen and oxygen atoms in total. The number of fused-ring (bicyclic) bond motifs is 1. The largest absolute Gasteiger partial charge is 0.455 e. The summed E-state index contributed by atoms with van der Waals surface area (Å²) in [5, 5.41) is 13.1. The van der Waals surface area contributed by atoms with Crippen LogP contribution in [0.15, 0.2) is 73.8 Å². The lowest BCUT2D eigenvalue weighted by Gasteiger charge is -2.37. The van der Waals surface area contributed by atoms with Gasteiger partial charge in [0.25, 0.3) is 5.91 Å². The highest BCUT2D eigenvalue weighted by molar-refractivity contribution is 9.09. The van der Waals surface area contributed by atoms with Crippen LogP contribution in [0.5, 0.6) is 0 Å². The first-order chi connectivity index (χ1) is 23.5. The predicted molar refractivity (Wildman–Crippen MR) is 190 cm³/mol. The van der Waals surface area contributed by atoms with Crippen molar-refractivity contribution >= 4 is 56.9 Å². The van der Waals surface area contributed by atoms with Crippen molar-refractivity contribution in [1.29, 1.82) is 0 Å². The molecule has 3 saturated heterocycles. The first-order valence-electron chi connectivity index (χ1n) is 16.6. The van der Waals surface area contributed by atoms with Crippen LogP contribution in [0, 0.1) is 18.8 Å². The molecule has 2 N–H and O–H groups in total. The fourth-order valence-corrected chi connectivity index (χ4v) is 8.90. The third-order valence-electron chi connectivity index (χ3n) is 9.68. The van der Waals surface area contributed by atoms with E-state index in [9.17, 15) is 24.3 Å². The van der Waals surface area contributed by atoms with Crippen molar-refractivity contribution < 1.29 is 33.8 Å². The smallest absolute Gasteiger partial charge is 0.313 e. The van der Waals surface area contributed by atoms with Gasteiger partial charge in [0.1, 0.15) is 17.7 Å². The molecular formula is C37H43BrClN3O7. The number of likely N-dealkylation sites (tertiary alicyclic amines) is 1. The van der Waals surface area contributed by atoms with Crippen molar-refractivity contribution in [3.05, 3.63) is 90.0 Å². The van der Waals surface area contributed by atoms with Gasteiger partial charge in [-0.2, -0.15) is 0 Å². The summed E-state index contributed by atoms with van der Waals surface area (Å²) in [5.41, 5.74) is 0.578. The molecule has 12 heteroatoms. The van der Waals surface area contributed by atoms with E-state index in [1.54, 1.807) is 31.2 Å². The van der Waals surface area contributed by atoms with Gasteiger partial charge in [-0.1, -0.05) is 82.1 Å². The number of alkyl halides is 1. The minimum Gasteiger partial charge on any atom is -0.455 e. The van der Waals surface area contributed by atoms with Crippen LogP contribution in [0.4, 0.5) is 5.69 Å². The number of esters is 1. The Balaban J connectivity index is 1.51. The Bertz CT molecular complexity index is 1570. The summed E-state index contributed by atoms with van der Waals surface area (Å²) in [6, 6.07) is 12.7. The number of aryl methyl sites for hydroxylation is 1. The Morgan fingerprint density at radius 3 is 2.59 bits per heavy atom. The quantitative estimate of drug-likeness (QED) is 0.148. The maximum atomic E-state index is 14.8. The van der Waals surface area contributed by atoms with E-state index in [0.717, 1.165) is 5.56 Å². The zero-order valence-corrected chi connectivity index (χ0v) is 30.1. The van der Waals surface area contributed by atoms with E-state index in [1.807, 2.05) is 43.3 Å². The maximum Gasteiger partial charge on any atom is 0.313 e. The Labute approximate surface area is 300 Å². The molecule has 8 atom stereocenters. The number of carbonyl (C=O) groups is 4. The molecule has 0 radical (unpaired) electrons. The number of hydrogen-bond acceptors (Lipinski definition) is 7. The Morgan fingerprint density at radius 2 is 1.94 bits per heavy atom. The molecule has 5 rings (SSSR count). The van der Waals surface area contributed by atoms with Crippen LogP contribution in [0.25, 0.3) is 0 Å². The van der Waals surface area contributed by atoms with E-state index in [0.29, 0.717) is 29.1 Å². The Morgan fingerprint density at radius 1 is 1.20 bits per heavy atom. The number of rotatable bonds is 15. The molecule has 1 unspecified atom stereocenters. The van der Waals surface area contributed by atoms with Crippen molar-refractivity contribution in [3.63, 3.8) is 0 Å². The molecular weight excluding hydrogens is 714 g/mol. The highest BCUT2D eigenvalue weighted by atomic mass is 79.9. The first-order valence-corrected chi connectivity index (χ1v) is 17.9. The minimum atomic E-state index is -1.35. The van der Waals surface area contributed by atoms with Crippen molar-refractivity contribution in [2.45, 2.75) is 74.3 Å². The van der Waals surface area contributed by atoms with Crippen molar-refractivity contribution in [1.82, 2.24) is 10.2 Å². The van der Waals surface area contributed by atoms with Crippen molar-refractivity contribution in [2.24, 2.45) is 11.8 Å². The fourth-order valence-electron chi connectivity index (χ4n) is 7.63. The summed E-state index contributed by atoms with van der Waals surface area (Å²) in [5.74, 6) is -3.75. The molecule has 3 aliphatic rings. The standard InChI is InChI=1S/C37H43BrClN3O7/c1-5-7-17-27(44)40-23(4)31(24-14-9-8-10-15-24)48-36(47)28-29-34(45)42(19-12-20-43)33(37(29)21-25(38)32(28)49-37)35(46)41(18-6-2)30-22(3)13-11-16-26(30)39/h5-6,8-11,13-16,23,25,28-29,31-33,43H,1-2,7,12,17-21H2,3-4H3,(H,40,44)/t23-,25?,28-,29+,31-,32-,33-,37+/m1/s1. The molecule has 49 heavy (non-hydrogen) atoms. The molecule has 2 bridgehead atoms. The molecule has 0 aromatic heterocycles. The summed E-state index contributed by atoms with van der Waals surface area (Å²) in [6.45, 7) is 11.1. The monoisotopic (exact) mass is 755 g/mol. The number of amides is 3. The van der Waals surface area contributed by atoms with Gasteiger partial charge >= 0.3 is 5.97 Å². The van der Waals surface area contributed by atoms with Gasteiger partial charge in [-0.05, 0) is 50.3 Å². The van der Waals surface area contributed by atoms with Crippen LogP contribution in [-0.2, 0) is 28.7 Å². The van der Waals surface area contributed by atoms with E-state index in [1.165, 1.54) is 9.80 Å². The Hall–Kier alpha value is -3.51. The second kappa shape index (κ2) is 15.6. The van der Waals surface area contributed by atoms with Gasteiger partial charge in [0.2, 0.25) is 11.8 Å². The SMILES string of the molecule is C=CCCC(=O)N[C@H](C)[C@@H](OC(=O)[C@H]1[C@@H]2O[C@@]3(CC2Br)[C@@H]1C(=O)N(CCCO)[C@@H]3C(=O)N(CC=C)c1c(C)cccc1Cl)c1ccccc1. The van der Waals surface area contributed by atoms with E-state index < -0.39 is 59.5 Å². The van der Waals surface area contributed by atoms with Crippen LogP contribution < -0.4 is 10.2 Å².